The molecule has 1 atom stereocenters. The number of anilines is 1. The van der Waals surface area contributed by atoms with E-state index in [2.05, 4.69) is 21.2 Å². The van der Waals surface area contributed by atoms with Gasteiger partial charge in [-0.2, -0.15) is 0 Å². The van der Waals surface area contributed by atoms with Gasteiger partial charge >= 0.3 is 11.6 Å². The molecule has 1 amide bonds. The fourth-order valence-electron chi connectivity index (χ4n) is 2.11. The van der Waals surface area contributed by atoms with Crippen LogP contribution in [0.1, 0.15) is 28.6 Å². The van der Waals surface area contributed by atoms with Gasteiger partial charge in [-0.05, 0) is 50.6 Å². The molecule has 1 N–H and O–H groups in total. The molecule has 126 valence electrons. The van der Waals surface area contributed by atoms with Gasteiger partial charge in [0.15, 0.2) is 6.10 Å². The van der Waals surface area contributed by atoms with Crippen LogP contribution in [0.3, 0.4) is 0 Å². The summed E-state index contributed by atoms with van der Waals surface area (Å²) in [4.78, 5) is 35.6. The molecule has 0 bridgehead atoms. The molecule has 0 saturated carbocycles. The largest absolute Gasteiger partial charge is 0.449 e. The zero-order valence-electron chi connectivity index (χ0n) is 13.4. The van der Waals surface area contributed by atoms with Crippen LogP contribution in [-0.2, 0) is 9.53 Å². The van der Waals surface area contributed by atoms with Crippen LogP contribution in [-0.4, -0.2) is 18.0 Å². The normalized spacial score (nSPS) is 11.7. The van der Waals surface area contributed by atoms with Gasteiger partial charge < -0.3 is 14.5 Å². The van der Waals surface area contributed by atoms with E-state index in [1.165, 1.54) is 19.9 Å². The minimum absolute atomic E-state index is 0.151. The highest BCUT2D eigenvalue weighted by molar-refractivity contribution is 9.10. The summed E-state index contributed by atoms with van der Waals surface area (Å²) in [6.45, 7) is 4.57. The molecule has 1 heterocycles. The molecule has 2 aromatic rings. The van der Waals surface area contributed by atoms with Crippen molar-refractivity contribution >= 4 is 33.5 Å². The quantitative estimate of drug-likeness (QED) is 0.805. The van der Waals surface area contributed by atoms with Gasteiger partial charge in [0.05, 0.1) is 0 Å². The predicted octanol–water partition coefficient (Wildman–Crippen LogP) is 3.20. The average molecular weight is 394 g/mol. The Morgan fingerprint density at radius 3 is 2.42 bits per heavy atom. The first-order valence-electron chi connectivity index (χ1n) is 7.16. The van der Waals surface area contributed by atoms with Gasteiger partial charge in [-0.1, -0.05) is 15.9 Å². The van der Waals surface area contributed by atoms with Crippen molar-refractivity contribution in [1.82, 2.24) is 0 Å². The number of aryl methyl sites for hydroxylation is 2. The number of hydrogen-bond acceptors (Lipinski definition) is 5. The second kappa shape index (κ2) is 7.44. The summed E-state index contributed by atoms with van der Waals surface area (Å²) in [6.07, 6.45) is -1.01. The molecule has 0 fully saturated rings. The zero-order valence-corrected chi connectivity index (χ0v) is 15.0. The van der Waals surface area contributed by atoms with Crippen molar-refractivity contribution in [2.75, 3.05) is 5.32 Å². The smallest absolute Gasteiger partial charge is 0.342 e. The summed E-state index contributed by atoms with van der Waals surface area (Å²) in [6, 6.07) is 8.21. The van der Waals surface area contributed by atoms with E-state index in [-0.39, 0.29) is 11.3 Å². The molecule has 7 heteroatoms. The number of halogens is 1. The number of esters is 1. The van der Waals surface area contributed by atoms with E-state index in [0.717, 1.165) is 4.47 Å². The van der Waals surface area contributed by atoms with Gasteiger partial charge in [-0.15, -0.1) is 0 Å². The molecule has 0 saturated heterocycles. The summed E-state index contributed by atoms with van der Waals surface area (Å²) in [5.41, 5.74) is 0.638. The zero-order chi connectivity index (χ0) is 17.9. The highest BCUT2D eigenvalue weighted by Crippen LogP contribution is 2.16. The number of ether oxygens (including phenoxy) is 1. The lowest BCUT2D eigenvalue weighted by atomic mass is 10.1. The third kappa shape index (κ3) is 4.32. The molecule has 1 aromatic carbocycles. The fourth-order valence-corrected chi connectivity index (χ4v) is 2.38. The maximum absolute atomic E-state index is 12.2. The van der Waals surface area contributed by atoms with Crippen LogP contribution in [0, 0.1) is 13.8 Å². The Bertz CT molecular complexity index is 800. The van der Waals surface area contributed by atoms with E-state index in [9.17, 15) is 14.4 Å². The Hall–Kier alpha value is -2.41. The average Bonchev–Trinajstić information content (AvgIpc) is 2.48. The first-order chi connectivity index (χ1) is 11.3. The molecule has 0 aliphatic rings. The van der Waals surface area contributed by atoms with Crippen molar-refractivity contribution in [3.8, 4) is 0 Å². The first-order valence-corrected chi connectivity index (χ1v) is 7.96. The molecular formula is C17H16BrNO5. The van der Waals surface area contributed by atoms with Gasteiger partial charge in [0.2, 0.25) is 0 Å². The lowest BCUT2D eigenvalue weighted by molar-refractivity contribution is -0.123. The van der Waals surface area contributed by atoms with Crippen LogP contribution < -0.4 is 10.9 Å². The van der Waals surface area contributed by atoms with Crippen molar-refractivity contribution in [3.63, 3.8) is 0 Å². The van der Waals surface area contributed by atoms with Crippen molar-refractivity contribution in [2.24, 2.45) is 0 Å². The number of hydrogen-bond donors (Lipinski definition) is 1. The first kappa shape index (κ1) is 17.9. The maximum atomic E-state index is 12.2. The third-order valence-electron chi connectivity index (χ3n) is 3.30. The second-order valence-electron chi connectivity index (χ2n) is 5.22. The number of carbonyl (C=O) groups excluding carboxylic acids is 2. The molecule has 0 aliphatic heterocycles. The highest BCUT2D eigenvalue weighted by atomic mass is 79.9. The van der Waals surface area contributed by atoms with Gasteiger partial charge in [0.1, 0.15) is 11.3 Å². The van der Waals surface area contributed by atoms with Gasteiger partial charge in [0.25, 0.3) is 5.91 Å². The molecule has 2 rings (SSSR count). The summed E-state index contributed by atoms with van der Waals surface area (Å²) in [5, 5.41) is 2.65. The monoisotopic (exact) mass is 393 g/mol. The van der Waals surface area contributed by atoms with Crippen LogP contribution in [0.5, 0.6) is 0 Å². The SMILES string of the molecule is Cc1cc(=O)oc(C)c1C(=O)OC(C)C(=O)Nc1ccc(Br)cc1. The third-order valence-corrected chi connectivity index (χ3v) is 3.83. The van der Waals surface area contributed by atoms with E-state index in [4.69, 9.17) is 9.15 Å². The van der Waals surface area contributed by atoms with Crippen LogP contribution in [0.2, 0.25) is 0 Å². The Balaban J connectivity index is 2.07. The van der Waals surface area contributed by atoms with E-state index >= 15 is 0 Å². The topological polar surface area (TPSA) is 85.6 Å². The van der Waals surface area contributed by atoms with Crippen molar-refractivity contribution in [3.05, 3.63) is 62.1 Å². The Kier molecular flexibility index (Phi) is 5.56. The molecule has 6 nitrogen and oxygen atoms in total. The second-order valence-corrected chi connectivity index (χ2v) is 6.14. The number of amides is 1. The summed E-state index contributed by atoms with van der Waals surface area (Å²) in [7, 11) is 0. The van der Waals surface area contributed by atoms with Gasteiger partial charge in [0, 0.05) is 16.2 Å². The number of benzene rings is 1. The minimum Gasteiger partial charge on any atom is -0.449 e. The van der Waals surface area contributed by atoms with E-state index in [1.54, 1.807) is 31.2 Å². The van der Waals surface area contributed by atoms with Gasteiger partial charge in [-0.25, -0.2) is 9.59 Å². The molecule has 0 spiro atoms. The van der Waals surface area contributed by atoms with Crippen molar-refractivity contribution < 1.29 is 18.7 Å². The predicted molar refractivity (Wildman–Crippen MR) is 92.1 cm³/mol. The van der Waals surface area contributed by atoms with Crippen molar-refractivity contribution in [2.45, 2.75) is 26.9 Å². The van der Waals surface area contributed by atoms with Crippen LogP contribution >= 0.6 is 15.9 Å². The fraction of sp³-hybridized carbons (Fsp3) is 0.235. The van der Waals surface area contributed by atoms with Crippen LogP contribution in [0.25, 0.3) is 0 Å². The molecular weight excluding hydrogens is 378 g/mol. The number of nitrogens with one attached hydrogen (secondary N) is 1. The number of carbonyl (C=O) groups is 2. The minimum atomic E-state index is -1.01. The number of rotatable bonds is 4. The Morgan fingerprint density at radius 2 is 1.83 bits per heavy atom. The molecule has 0 aliphatic carbocycles. The lowest BCUT2D eigenvalue weighted by Gasteiger charge is -2.15. The van der Waals surface area contributed by atoms with E-state index < -0.39 is 23.6 Å². The molecule has 1 unspecified atom stereocenters. The van der Waals surface area contributed by atoms with E-state index in [1.807, 2.05) is 0 Å². The summed E-state index contributed by atoms with van der Waals surface area (Å²) >= 11 is 3.30. The van der Waals surface area contributed by atoms with Crippen molar-refractivity contribution in [1.29, 1.82) is 0 Å². The highest BCUT2D eigenvalue weighted by Gasteiger charge is 2.23. The molecule has 24 heavy (non-hydrogen) atoms. The standard InChI is InChI=1S/C17H16BrNO5/c1-9-8-14(20)23-10(2)15(9)17(22)24-11(3)16(21)19-13-6-4-12(18)5-7-13/h4-8,11H,1-3H3,(H,19,21). The Morgan fingerprint density at radius 1 is 1.21 bits per heavy atom. The van der Waals surface area contributed by atoms with Crippen LogP contribution in [0.4, 0.5) is 5.69 Å². The molecule has 1 aromatic heterocycles. The molecule has 0 radical (unpaired) electrons. The summed E-state index contributed by atoms with van der Waals surface area (Å²) in [5.74, 6) is -1.02. The van der Waals surface area contributed by atoms with E-state index in [0.29, 0.717) is 11.3 Å². The summed E-state index contributed by atoms with van der Waals surface area (Å²) < 4.78 is 11.0. The maximum Gasteiger partial charge on any atom is 0.342 e. The Labute approximate surface area is 146 Å². The van der Waals surface area contributed by atoms with Gasteiger partial charge in [-0.3, -0.25) is 4.79 Å². The van der Waals surface area contributed by atoms with Crippen LogP contribution in [0.15, 0.2) is 44.0 Å². The lowest BCUT2D eigenvalue weighted by Crippen LogP contribution is -2.30.